The van der Waals surface area contributed by atoms with Crippen molar-refractivity contribution in [1.82, 2.24) is 10.2 Å². The van der Waals surface area contributed by atoms with E-state index in [0.717, 1.165) is 39.4 Å². The minimum absolute atomic E-state index is 0.104. The van der Waals surface area contributed by atoms with Crippen LogP contribution in [-0.4, -0.2) is 50.0 Å². The highest BCUT2D eigenvalue weighted by Crippen LogP contribution is 2.21. The van der Waals surface area contributed by atoms with E-state index in [4.69, 9.17) is 0 Å². The van der Waals surface area contributed by atoms with Gasteiger partial charge in [-0.2, -0.15) is 0 Å². The molecule has 0 heterocycles. The summed E-state index contributed by atoms with van der Waals surface area (Å²) < 4.78 is 40.0. The first-order valence-electron chi connectivity index (χ1n) is 12.9. The second-order valence-electron chi connectivity index (χ2n) is 9.78. The number of rotatable bonds is 12. The molecule has 208 valence electrons. The average Bonchev–Trinajstić information content (AvgIpc) is 2.89. The molecule has 0 radical (unpaired) electrons. The van der Waals surface area contributed by atoms with Crippen molar-refractivity contribution >= 4 is 27.5 Å². The van der Waals surface area contributed by atoms with Gasteiger partial charge in [0.1, 0.15) is 18.4 Å². The van der Waals surface area contributed by atoms with Crippen molar-refractivity contribution < 1.29 is 22.4 Å². The number of halogens is 1. The number of sulfonamides is 1. The second-order valence-corrected chi connectivity index (χ2v) is 11.7. The van der Waals surface area contributed by atoms with E-state index in [1.54, 1.807) is 0 Å². The van der Waals surface area contributed by atoms with E-state index >= 15 is 0 Å². The van der Waals surface area contributed by atoms with Crippen LogP contribution in [0.1, 0.15) is 37.0 Å². The third kappa shape index (κ3) is 8.64. The van der Waals surface area contributed by atoms with E-state index in [2.05, 4.69) is 5.32 Å². The Bertz CT molecular complexity index is 1360. The highest BCUT2D eigenvalue weighted by molar-refractivity contribution is 7.92. The monoisotopic (exact) mass is 553 g/mol. The highest BCUT2D eigenvalue weighted by atomic mass is 32.2. The van der Waals surface area contributed by atoms with Gasteiger partial charge in [0.25, 0.3) is 0 Å². The molecule has 2 amide bonds. The molecule has 0 unspecified atom stereocenters. The van der Waals surface area contributed by atoms with Gasteiger partial charge in [0.05, 0.1) is 11.9 Å². The summed E-state index contributed by atoms with van der Waals surface area (Å²) in [7, 11) is -3.90. The highest BCUT2D eigenvalue weighted by Gasteiger charge is 2.33. The third-order valence-electron chi connectivity index (χ3n) is 6.50. The van der Waals surface area contributed by atoms with Crippen molar-refractivity contribution in [2.75, 3.05) is 17.1 Å². The molecule has 0 saturated heterocycles. The molecule has 0 saturated carbocycles. The molecule has 39 heavy (non-hydrogen) atoms. The van der Waals surface area contributed by atoms with Crippen molar-refractivity contribution in [3.05, 3.63) is 101 Å². The molecule has 0 bridgehead atoms. The van der Waals surface area contributed by atoms with Gasteiger partial charge < -0.3 is 10.2 Å². The standard InChI is InChI=1S/C30H36FN3O4S/c1-5-23(3)32-30(36)28(19-24-11-7-6-8-12-24)33(20-25-13-9-10-22(2)18-25)29(35)21-34(39(4,37)38)27-16-14-26(31)15-17-27/h6-18,23,28H,5,19-21H2,1-4H3,(H,32,36)/t23-,28-/m0/s1. The first kappa shape index (κ1) is 29.8. The maximum Gasteiger partial charge on any atom is 0.244 e. The second kappa shape index (κ2) is 13.4. The van der Waals surface area contributed by atoms with Gasteiger partial charge in [0.15, 0.2) is 0 Å². The molecule has 3 aromatic rings. The Labute approximate surface area is 230 Å². The molecule has 3 rings (SSSR count). The number of hydrogen-bond acceptors (Lipinski definition) is 4. The maximum atomic E-state index is 14.0. The fraction of sp³-hybridized carbons (Fsp3) is 0.333. The lowest BCUT2D eigenvalue weighted by Gasteiger charge is -2.34. The Morgan fingerprint density at radius 1 is 0.949 bits per heavy atom. The Kier molecular flexibility index (Phi) is 10.2. The summed E-state index contributed by atoms with van der Waals surface area (Å²) in [5.41, 5.74) is 2.83. The third-order valence-corrected chi connectivity index (χ3v) is 7.64. The molecule has 0 aliphatic heterocycles. The summed E-state index contributed by atoms with van der Waals surface area (Å²) in [5.74, 6) is -1.39. The Morgan fingerprint density at radius 2 is 1.59 bits per heavy atom. The molecule has 0 aromatic heterocycles. The SMILES string of the molecule is CC[C@H](C)NC(=O)[C@H](Cc1ccccc1)N(Cc1cccc(C)c1)C(=O)CN(c1ccc(F)cc1)S(C)(=O)=O. The van der Waals surface area contributed by atoms with Gasteiger partial charge in [0.2, 0.25) is 21.8 Å². The fourth-order valence-corrected chi connectivity index (χ4v) is 5.07. The van der Waals surface area contributed by atoms with Crippen molar-refractivity contribution in [2.45, 2.75) is 52.2 Å². The first-order chi connectivity index (χ1) is 18.5. The van der Waals surface area contributed by atoms with Crippen molar-refractivity contribution in [3.8, 4) is 0 Å². The van der Waals surface area contributed by atoms with Crippen LogP contribution in [0.15, 0.2) is 78.9 Å². The van der Waals surface area contributed by atoms with Crippen LogP contribution in [0.25, 0.3) is 0 Å². The predicted molar refractivity (Wildman–Crippen MR) is 152 cm³/mol. The summed E-state index contributed by atoms with van der Waals surface area (Å²) >= 11 is 0. The lowest BCUT2D eigenvalue weighted by Crippen LogP contribution is -2.54. The number of amides is 2. The number of anilines is 1. The summed E-state index contributed by atoms with van der Waals surface area (Å²) in [6.45, 7) is 5.35. The van der Waals surface area contributed by atoms with Crippen LogP contribution in [-0.2, 0) is 32.6 Å². The maximum absolute atomic E-state index is 14.0. The fourth-order valence-electron chi connectivity index (χ4n) is 4.22. The quantitative estimate of drug-likeness (QED) is 0.359. The number of carbonyl (C=O) groups is 2. The van der Waals surface area contributed by atoms with Gasteiger partial charge in [-0.15, -0.1) is 0 Å². The van der Waals surface area contributed by atoms with Crippen LogP contribution in [0.5, 0.6) is 0 Å². The molecular formula is C30H36FN3O4S. The summed E-state index contributed by atoms with van der Waals surface area (Å²) in [5, 5.41) is 3.00. The number of benzene rings is 3. The number of aryl methyl sites for hydroxylation is 1. The predicted octanol–water partition coefficient (Wildman–Crippen LogP) is 4.45. The molecule has 3 aromatic carbocycles. The van der Waals surface area contributed by atoms with Crippen LogP contribution in [0.4, 0.5) is 10.1 Å². The minimum Gasteiger partial charge on any atom is -0.352 e. The van der Waals surface area contributed by atoms with Crippen LogP contribution < -0.4 is 9.62 Å². The Balaban J connectivity index is 2.05. The van der Waals surface area contributed by atoms with Crippen molar-refractivity contribution in [3.63, 3.8) is 0 Å². The molecule has 9 heteroatoms. The van der Waals surface area contributed by atoms with Gasteiger partial charge >= 0.3 is 0 Å². The van der Waals surface area contributed by atoms with E-state index in [-0.39, 0.29) is 30.6 Å². The van der Waals surface area contributed by atoms with Gasteiger partial charge in [-0.25, -0.2) is 12.8 Å². The first-order valence-corrected chi connectivity index (χ1v) is 14.7. The largest absolute Gasteiger partial charge is 0.352 e. The number of nitrogens with one attached hydrogen (secondary N) is 1. The van der Waals surface area contributed by atoms with E-state index in [1.807, 2.05) is 75.4 Å². The van der Waals surface area contributed by atoms with Crippen LogP contribution in [0.2, 0.25) is 0 Å². The van der Waals surface area contributed by atoms with Gasteiger partial charge in [-0.3, -0.25) is 13.9 Å². The van der Waals surface area contributed by atoms with E-state index < -0.39 is 34.3 Å². The molecule has 0 aliphatic rings. The molecular weight excluding hydrogens is 517 g/mol. The van der Waals surface area contributed by atoms with E-state index in [9.17, 15) is 22.4 Å². The Morgan fingerprint density at radius 3 is 2.18 bits per heavy atom. The molecule has 0 fully saturated rings. The average molecular weight is 554 g/mol. The summed E-state index contributed by atoms with van der Waals surface area (Å²) in [6, 6.07) is 20.9. The zero-order valence-corrected chi connectivity index (χ0v) is 23.6. The van der Waals surface area contributed by atoms with Crippen molar-refractivity contribution in [2.24, 2.45) is 0 Å². The summed E-state index contributed by atoms with van der Waals surface area (Å²) in [4.78, 5) is 29.1. The minimum atomic E-state index is -3.90. The molecule has 2 atom stereocenters. The molecule has 1 N–H and O–H groups in total. The Hall–Kier alpha value is -3.72. The van der Waals surface area contributed by atoms with Gasteiger partial charge in [-0.05, 0) is 55.7 Å². The molecule has 7 nitrogen and oxygen atoms in total. The lowest BCUT2D eigenvalue weighted by atomic mass is 10.0. The van der Waals surface area contributed by atoms with Gasteiger partial charge in [0, 0.05) is 19.0 Å². The zero-order valence-electron chi connectivity index (χ0n) is 22.8. The number of carbonyl (C=O) groups excluding carboxylic acids is 2. The van der Waals surface area contributed by atoms with Crippen LogP contribution >= 0.6 is 0 Å². The van der Waals surface area contributed by atoms with E-state index in [1.165, 1.54) is 17.0 Å². The molecule has 0 aliphatic carbocycles. The smallest absolute Gasteiger partial charge is 0.244 e. The van der Waals surface area contributed by atoms with Crippen LogP contribution in [0, 0.1) is 12.7 Å². The molecule has 0 spiro atoms. The van der Waals surface area contributed by atoms with E-state index in [0.29, 0.717) is 6.42 Å². The zero-order chi connectivity index (χ0) is 28.6. The van der Waals surface area contributed by atoms with Crippen LogP contribution in [0.3, 0.4) is 0 Å². The number of nitrogens with zero attached hydrogens (tertiary/aromatic N) is 2. The van der Waals surface area contributed by atoms with Gasteiger partial charge in [-0.1, -0.05) is 67.1 Å². The lowest BCUT2D eigenvalue weighted by molar-refractivity contribution is -0.140. The number of hydrogen-bond donors (Lipinski definition) is 1. The summed E-state index contributed by atoms with van der Waals surface area (Å²) in [6.07, 6.45) is 1.95. The van der Waals surface area contributed by atoms with Crippen molar-refractivity contribution in [1.29, 1.82) is 0 Å². The topological polar surface area (TPSA) is 86.8 Å². The normalized spacial score (nSPS) is 12.8.